The third kappa shape index (κ3) is 2.98. The molecule has 1 aliphatic carbocycles. The van der Waals surface area contributed by atoms with Gasteiger partial charge in [0, 0.05) is 48.7 Å². The molecular weight excluding hydrogens is 340 g/mol. The molecule has 3 aromatic rings. The Morgan fingerprint density at radius 2 is 2.00 bits per heavy atom. The number of carbonyl (C=O) groups is 1. The van der Waals surface area contributed by atoms with Crippen molar-refractivity contribution >= 4 is 22.4 Å². The molecule has 0 unspecified atom stereocenters. The zero-order valence-corrected chi connectivity index (χ0v) is 15.9. The van der Waals surface area contributed by atoms with E-state index in [0.717, 1.165) is 54.0 Å². The minimum Gasteiger partial charge on any atom is -0.383 e. The Morgan fingerprint density at radius 3 is 2.78 bits per heavy atom. The Hall–Kier alpha value is -2.77. The minimum atomic E-state index is 0.0109. The molecule has 4 rings (SSSR count). The van der Waals surface area contributed by atoms with Crippen LogP contribution in [0, 0.1) is 0 Å². The number of nitrogens with one attached hydrogen (secondary N) is 2. The number of fused-ring (bicyclic) bond motifs is 2. The summed E-state index contributed by atoms with van der Waals surface area (Å²) in [5, 5.41) is 12.4. The number of hydrogen-bond donors (Lipinski definition) is 2. The van der Waals surface area contributed by atoms with E-state index in [2.05, 4.69) is 26.6 Å². The van der Waals surface area contributed by atoms with Crippen LogP contribution in [0.2, 0.25) is 0 Å². The van der Waals surface area contributed by atoms with E-state index in [1.165, 1.54) is 0 Å². The highest BCUT2D eigenvalue weighted by Crippen LogP contribution is 2.41. The molecule has 140 valence electrons. The number of likely N-dealkylation sites (N-methyl/N-ethyl adjacent to an activating group) is 2. The van der Waals surface area contributed by atoms with Gasteiger partial charge in [0.15, 0.2) is 5.78 Å². The summed E-state index contributed by atoms with van der Waals surface area (Å²) in [6.07, 6.45) is 3.37. The molecule has 7 nitrogen and oxygen atoms in total. The number of ketones is 1. The van der Waals surface area contributed by atoms with Gasteiger partial charge in [-0.05, 0) is 39.3 Å². The molecule has 0 spiro atoms. The third-order valence-corrected chi connectivity index (χ3v) is 4.91. The lowest BCUT2D eigenvalue weighted by atomic mass is 9.87. The summed E-state index contributed by atoms with van der Waals surface area (Å²) in [4.78, 5) is 19.6. The number of benzene rings is 1. The number of nitrogens with zero attached hydrogens (tertiary/aromatic N) is 4. The van der Waals surface area contributed by atoms with E-state index in [1.54, 1.807) is 12.4 Å². The molecular formula is C20H24N6O. The maximum atomic E-state index is 13.3. The average molecular weight is 364 g/mol. The fraction of sp³-hybridized carbons (Fsp3) is 0.350. The normalized spacial score (nSPS) is 12.7. The van der Waals surface area contributed by atoms with Gasteiger partial charge in [-0.15, -0.1) is 0 Å². The first-order valence-electron chi connectivity index (χ1n) is 9.17. The predicted octanol–water partition coefficient (Wildman–Crippen LogP) is 1.84. The van der Waals surface area contributed by atoms with Crippen LogP contribution >= 0.6 is 0 Å². The highest BCUT2D eigenvalue weighted by molar-refractivity contribution is 6.27. The number of aromatic nitrogens is 3. The van der Waals surface area contributed by atoms with Gasteiger partial charge in [0.1, 0.15) is 5.69 Å². The first-order valence-corrected chi connectivity index (χ1v) is 9.17. The molecule has 1 aromatic carbocycles. The topological polar surface area (TPSA) is 75.1 Å². The highest BCUT2D eigenvalue weighted by atomic mass is 16.1. The van der Waals surface area contributed by atoms with E-state index < -0.39 is 0 Å². The Balaban J connectivity index is 1.89. The molecule has 0 amide bonds. The Labute approximate surface area is 158 Å². The molecule has 1 aliphatic rings. The fourth-order valence-corrected chi connectivity index (χ4v) is 3.56. The van der Waals surface area contributed by atoms with E-state index in [4.69, 9.17) is 5.10 Å². The molecule has 0 atom stereocenters. The zero-order valence-electron chi connectivity index (χ0n) is 15.9. The Morgan fingerprint density at radius 1 is 1.15 bits per heavy atom. The molecule has 7 heteroatoms. The molecule has 2 N–H and O–H groups in total. The van der Waals surface area contributed by atoms with Crippen LogP contribution in [0.25, 0.3) is 22.2 Å². The van der Waals surface area contributed by atoms with Crippen LogP contribution < -0.4 is 10.6 Å². The Kier molecular flexibility index (Phi) is 4.63. The van der Waals surface area contributed by atoms with E-state index >= 15 is 0 Å². The quantitative estimate of drug-likeness (QED) is 0.521. The van der Waals surface area contributed by atoms with Crippen molar-refractivity contribution in [3.8, 4) is 11.3 Å². The molecule has 0 radical (unpaired) electrons. The van der Waals surface area contributed by atoms with Gasteiger partial charge in [-0.1, -0.05) is 0 Å². The van der Waals surface area contributed by atoms with Gasteiger partial charge >= 0.3 is 0 Å². The number of rotatable bonds is 7. The van der Waals surface area contributed by atoms with Gasteiger partial charge in [0.05, 0.1) is 23.2 Å². The van der Waals surface area contributed by atoms with Crippen molar-refractivity contribution in [1.82, 2.24) is 25.0 Å². The summed E-state index contributed by atoms with van der Waals surface area (Å²) in [6, 6.07) is 5.93. The van der Waals surface area contributed by atoms with Crippen LogP contribution in [0.4, 0.5) is 5.69 Å². The van der Waals surface area contributed by atoms with E-state index in [-0.39, 0.29) is 5.78 Å². The lowest BCUT2D eigenvalue weighted by Gasteiger charge is -2.19. The first-order chi connectivity index (χ1) is 13.1. The van der Waals surface area contributed by atoms with Crippen molar-refractivity contribution in [3.63, 3.8) is 0 Å². The van der Waals surface area contributed by atoms with Crippen molar-refractivity contribution < 1.29 is 4.79 Å². The number of hydrogen-bond acceptors (Lipinski definition) is 6. The van der Waals surface area contributed by atoms with Crippen LogP contribution in [-0.2, 0) is 6.54 Å². The maximum absolute atomic E-state index is 13.3. The average Bonchev–Trinajstić information content (AvgIpc) is 3.04. The second kappa shape index (κ2) is 7.09. The lowest BCUT2D eigenvalue weighted by Crippen LogP contribution is -2.22. The minimum absolute atomic E-state index is 0.0109. The van der Waals surface area contributed by atoms with E-state index in [9.17, 15) is 4.79 Å². The summed E-state index contributed by atoms with van der Waals surface area (Å²) >= 11 is 0. The lowest BCUT2D eigenvalue weighted by molar-refractivity contribution is 0.104. The summed E-state index contributed by atoms with van der Waals surface area (Å²) in [5.74, 6) is 0.0109. The van der Waals surface area contributed by atoms with Gasteiger partial charge in [0.2, 0.25) is 0 Å². The largest absolute Gasteiger partial charge is 0.383 e. The van der Waals surface area contributed by atoms with Gasteiger partial charge in [-0.25, -0.2) is 0 Å². The number of carbonyl (C=O) groups excluding carboxylic acids is 1. The van der Waals surface area contributed by atoms with Crippen molar-refractivity contribution in [2.24, 2.45) is 0 Å². The monoisotopic (exact) mass is 364 g/mol. The van der Waals surface area contributed by atoms with Crippen LogP contribution in [0.1, 0.15) is 15.9 Å². The summed E-state index contributed by atoms with van der Waals surface area (Å²) < 4.78 is 1.98. The zero-order chi connectivity index (χ0) is 19.0. The van der Waals surface area contributed by atoms with Crippen molar-refractivity contribution in [3.05, 3.63) is 41.7 Å². The summed E-state index contributed by atoms with van der Waals surface area (Å²) in [6.45, 7) is 3.21. The predicted molar refractivity (Wildman–Crippen MR) is 107 cm³/mol. The van der Waals surface area contributed by atoms with Crippen LogP contribution in [0.5, 0.6) is 0 Å². The SMILES string of the molecule is CNCCn1nc2c3c(c(NCCN(C)C)ccc31)C(=O)c1cnccc1-2. The van der Waals surface area contributed by atoms with Crippen LogP contribution in [0.3, 0.4) is 0 Å². The third-order valence-electron chi connectivity index (χ3n) is 4.91. The van der Waals surface area contributed by atoms with Crippen LogP contribution in [0.15, 0.2) is 30.6 Å². The highest BCUT2D eigenvalue weighted by Gasteiger charge is 2.31. The van der Waals surface area contributed by atoms with E-state index in [1.807, 2.05) is 38.0 Å². The molecule has 0 fully saturated rings. The first kappa shape index (κ1) is 17.6. The molecule has 2 heterocycles. The second-order valence-corrected chi connectivity index (χ2v) is 7.04. The van der Waals surface area contributed by atoms with Gasteiger partial charge in [0.25, 0.3) is 0 Å². The molecule has 27 heavy (non-hydrogen) atoms. The van der Waals surface area contributed by atoms with Crippen molar-refractivity contribution in [1.29, 1.82) is 0 Å². The Bertz CT molecular complexity index is 1010. The molecule has 0 aliphatic heterocycles. The van der Waals surface area contributed by atoms with Gasteiger partial charge < -0.3 is 15.5 Å². The smallest absolute Gasteiger partial charge is 0.198 e. The van der Waals surface area contributed by atoms with Crippen molar-refractivity contribution in [2.75, 3.05) is 46.1 Å². The van der Waals surface area contributed by atoms with E-state index in [0.29, 0.717) is 11.1 Å². The van der Waals surface area contributed by atoms with Crippen molar-refractivity contribution in [2.45, 2.75) is 6.54 Å². The molecule has 0 saturated heterocycles. The second-order valence-electron chi connectivity index (χ2n) is 7.04. The maximum Gasteiger partial charge on any atom is 0.198 e. The molecule has 2 aromatic heterocycles. The van der Waals surface area contributed by atoms with Gasteiger partial charge in [-0.2, -0.15) is 5.10 Å². The summed E-state index contributed by atoms with van der Waals surface area (Å²) in [7, 11) is 5.99. The molecule has 0 bridgehead atoms. The van der Waals surface area contributed by atoms with Gasteiger partial charge in [-0.3, -0.25) is 14.5 Å². The number of anilines is 1. The van der Waals surface area contributed by atoms with Crippen LogP contribution in [-0.4, -0.2) is 66.2 Å². The standard InChI is InChI=1S/C20H24N6O/c1-21-8-11-26-16-5-4-15(23-9-10-25(2)3)17-18(16)19(24-26)13-6-7-22-12-14(13)20(17)27/h4-7,12,21,23H,8-11H2,1-3H3. The fourth-order valence-electron chi connectivity index (χ4n) is 3.56. The summed E-state index contributed by atoms with van der Waals surface area (Å²) in [5.41, 5.74) is 4.90. The number of pyridine rings is 1. The molecule has 0 saturated carbocycles.